The standard InChI is InChI=1S/C7H6Cl.C3H5O2.U/c1-6-3-2-4-7(8)5-6;1-2-3(4)5;/h2,4-5H,1H3;2H,1H3,(H,4,5);/q2*-1;+2. The van der Waals surface area contributed by atoms with Gasteiger partial charge in [-0.2, -0.15) is 30.7 Å². The monoisotopic (exact) mass is 436 g/mol. The third-order valence-corrected chi connectivity index (χ3v) is 1.39. The fourth-order valence-corrected chi connectivity index (χ4v) is 0.776. The molecule has 0 aliphatic rings. The number of carboxylic acids is 1. The summed E-state index contributed by atoms with van der Waals surface area (Å²) in [4.78, 5) is 9.31. The van der Waals surface area contributed by atoms with Crippen molar-refractivity contribution in [3.63, 3.8) is 0 Å². The molecule has 1 aromatic rings. The van der Waals surface area contributed by atoms with Crippen LogP contribution in [0.5, 0.6) is 0 Å². The van der Waals surface area contributed by atoms with Crippen molar-refractivity contribution in [2.45, 2.75) is 13.8 Å². The summed E-state index contributed by atoms with van der Waals surface area (Å²) in [5.41, 5.74) is 1.08. The van der Waals surface area contributed by atoms with E-state index in [2.05, 4.69) is 6.07 Å². The Morgan fingerprint density at radius 2 is 2.14 bits per heavy atom. The summed E-state index contributed by atoms with van der Waals surface area (Å²) in [5.74, 6) is -0.870. The molecule has 0 fully saturated rings. The molecule has 0 heterocycles. The molecule has 0 bridgehead atoms. The van der Waals surface area contributed by atoms with Gasteiger partial charge in [0, 0.05) is 0 Å². The number of hydrogen-bond donors (Lipinski definition) is 1. The maximum Gasteiger partial charge on any atom is 2.00 e. The van der Waals surface area contributed by atoms with Crippen LogP contribution >= 0.6 is 11.6 Å². The van der Waals surface area contributed by atoms with Crippen LogP contribution in [0.4, 0.5) is 0 Å². The number of aliphatic carboxylic acids is 1. The maximum atomic E-state index is 9.31. The normalized spacial score (nSPS) is 7.64. The van der Waals surface area contributed by atoms with Crippen LogP contribution in [0.1, 0.15) is 12.5 Å². The maximum absolute atomic E-state index is 9.31. The number of aryl methyl sites for hydroxylation is 1. The summed E-state index contributed by atoms with van der Waals surface area (Å²) in [6, 6.07) is 8.50. The van der Waals surface area contributed by atoms with Crippen molar-refractivity contribution >= 4 is 17.6 Å². The van der Waals surface area contributed by atoms with Gasteiger partial charge in [-0.1, -0.05) is 11.9 Å². The molecule has 0 spiro atoms. The van der Waals surface area contributed by atoms with Gasteiger partial charge in [-0.3, -0.25) is 11.2 Å². The van der Waals surface area contributed by atoms with Crippen molar-refractivity contribution in [1.82, 2.24) is 0 Å². The molecule has 0 saturated heterocycles. The smallest absolute Gasteiger partial charge is 0.503 e. The van der Waals surface area contributed by atoms with E-state index in [1.807, 2.05) is 25.1 Å². The Bertz CT molecular complexity index is 259. The van der Waals surface area contributed by atoms with Crippen LogP contribution in [-0.2, 0) is 4.79 Å². The van der Waals surface area contributed by atoms with Gasteiger partial charge in [-0.05, 0) is 0 Å². The molecule has 0 radical (unpaired) electrons. The molecule has 0 aromatic heterocycles. The van der Waals surface area contributed by atoms with Gasteiger partial charge in [0.05, 0.1) is 0 Å². The van der Waals surface area contributed by atoms with Crippen molar-refractivity contribution in [3.8, 4) is 0 Å². The van der Waals surface area contributed by atoms with E-state index in [0.717, 1.165) is 17.0 Å². The molecule has 1 rings (SSSR count). The second-order valence-electron chi connectivity index (χ2n) is 2.32. The van der Waals surface area contributed by atoms with Crippen molar-refractivity contribution in [2.75, 3.05) is 0 Å². The topological polar surface area (TPSA) is 37.3 Å². The van der Waals surface area contributed by atoms with Crippen LogP contribution < -0.4 is 0 Å². The van der Waals surface area contributed by atoms with Crippen molar-refractivity contribution in [3.05, 3.63) is 41.3 Å². The van der Waals surface area contributed by atoms with Crippen molar-refractivity contribution in [2.24, 2.45) is 0 Å². The fourth-order valence-electron chi connectivity index (χ4n) is 0.549. The van der Waals surface area contributed by atoms with Crippen molar-refractivity contribution < 1.29 is 41.0 Å². The number of hydrogen-bond acceptors (Lipinski definition) is 1. The Balaban J connectivity index is 0. The molecule has 2 nitrogen and oxygen atoms in total. The summed E-state index contributed by atoms with van der Waals surface area (Å²) in [7, 11) is 0. The van der Waals surface area contributed by atoms with E-state index >= 15 is 0 Å². The molecule has 74 valence electrons. The predicted molar refractivity (Wildman–Crippen MR) is 52.6 cm³/mol. The SMILES string of the molecule is C[CH-]C(=O)O.Cc1[c-]ccc(Cl)c1.[U+2]. The molecule has 1 N–H and O–H groups in total. The number of halogens is 1. The number of carbonyl (C=O) groups is 1. The van der Waals surface area contributed by atoms with Gasteiger partial charge in [0.2, 0.25) is 0 Å². The summed E-state index contributed by atoms with van der Waals surface area (Å²) in [5, 5.41) is 8.45. The van der Waals surface area contributed by atoms with Gasteiger partial charge in [-0.15, -0.1) is 17.7 Å². The van der Waals surface area contributed by atoms with Gasteiger partial charge in [0.15, 0.2) is 5.97 Å². The molecular formula is C10H11ClO2U. The van der Waals surface area contributed by atoms with Gasteiger partial charge >= 0.3 is 31.1 Å². The van der Waals surface area contributed by atoms with E-state index in [0.29, 0.717) is 0 Å². The molecule has 0 unspecified atom stereocenters. The second-order valence-corrected chi connectivity index (χ2v) is 2.75. The third-order valence-electron chi connectivity index (χ3n) is 1.15. The zero-order valence-electron chi connectivity index (χ0n) is 8.04. The van der Waals surface area contributed by atoms with E-state index in [9.17, 15) is 4.79 Å². The average molecular weight is 437 g/mol. The quantitative estimate of drug-likeness (QED) is 0.688. The Kier molecular flexibility index (Phi) is 11.0. The first-order valence-electron chi connectivity index (χ1n) is 3.72. The van der Waals surface area contributed by atoms with Crippen LogP contribution in [-0.4, -0.2) is 11.1 Å². The minimum absolute atomic E-state index is 0. The summed E-state index contributed by atoms with van der Waals surface area (Å²) < 4.78 is 0. The van der Waals surface area contributed by atoms with E-state index < -0.39 is 5.97 Å². The fraction of sp³-hybridized carbons (Fsp3) is 0.200. The zero-order valence-corrected chi connectivity index (χ0v) is 13.0. The average Bonchev–Trinajstić information content (AvgIpc) is 2.05. The molecule has 0 aliphatic heterocycles. The Hall–Kier alpha value is -0.0981. The van der Waals surface area contributed by atoms with Gasteiger partial charge < -0.3 is 5.11 Å². The van der Waals surface area contributed by atoms with E-state index in [4.69, 9.17) is 16.7 Å². The van der Waals surface area contributed by atoms with Crippen LogP contribution in [0.2, 0.25) is 5.02 Å². The van der Waals surface area contributed by atoms with Crippen LogP contribution in [0, 0.1) is 50.5 Å². The molecule has 1 aromatic carbocycles. The van der Waals surface area contributed by atoms with E-state index in [1.54, 1.807) is 0 Å². The summed E-state index contributed by atoms with van der Waals surface area (Å²) >= 11 is 5.62. The second kappa shape index (κ2) is 9.46. The first-order valence-corrected chi connectivity index (χ1v) is 4.10. The molecule has 0 saturated carbocycles. The third kappa shape index (κ3) is 9.99. The molecule has 0 atom stereocenters. The number of carboxylic acid groups (broad SMARTS) is 1. The molecule has 14 heavy (non-hydrogen) atoms. The Morgan fingerprint density at radius 3 is 2.36 bits per heavy atom. The first-order chi connectivity index (χ1) is 6.06. The number of rotatable bonds is 1. The van der Waals surface area contributed by atoms with E-state index in [1.165, 1.54) is 6.92 Å². The predicted octanol–water partition coefficient (Wildman–Crippen LogP) is 2.74. The molecular weight excluding hydrogens is 426 g/mol. The van der Waals surface area contributed by atoms with Crippen LogP contribution in [0.3, 0.4) is 0 Å². The molecule has 0 amide bonds. The molecule has 4 heteroatoms. The first kappa shape index (κ1) is 16.3. The minimum atomic E-state index is -0.870. The Morgan fingerprint density at radius 1 is 1.64 bits per heavy atom. The van der Waals surface area contributed by atoms with Crippen molar-refractivity contribution in [1.29, 1.82) is 0 Å². The van der Waals surface area contributed by atoms with Gasteiger partial charge in [0.1, 0.15) is 0 Å². The number of benzene rings is 1. The summed E-state index contributed by atoms with van der Waals surface area (Å²) in [6.45, 7) is 3.44. The Labute approximate surface area is 113 Å². The van der Waals surface area contributed by atoms with Crippen LogP contribution in [0.25, 0.3) is 0 Å². The van der Waals surface area contributed by atoms with E-state index in [-0.39, 0.29) is 31.1 Å². The summed E-state index contributed by atoms with van der Waals surface area (Å²) in [6.07, 6.45) is 1.08. The van der Waals surface area contributed by atoms with Gasteiger partial charge in [0.25, 0.3) is 0 Å². The van der Waals surface area contributed by atoms with Crippen LogP contribution in [0.15, 0.2) is 18.2 Å². The van der Waals surface area contributed by atoms with Gasteiger partial charge in [-0.25, -0.2) is 0 Å². The zero-order chi connectivity index (χ0) is 10.3. The molecule has 0 aliphatic carbocycles. The largest absolute Gasteiger partial charge is 2.00 e. The minimum Gasteiger partial charge on any atom is -0.503 e.